The van der Waals surface area contributed by atoms with Crippen molar-refractivity contribution < 1.29 is 9.90 Å². The number of aryl methyl sites for hydroxylation is 2. The Morgan fingerprint density at radius 2 is 2.12 bits per heavy atom. The fourth-order valence-corrected chi connectivity index (χ4v) is 1.95. The van der Waals surface area contributed by atoms with Crippen molar-refractivity contribution in [2.24, 2.45) is 7.05 Å². The van der Waals surface area contributed by atoms with Crippen LogP contribution in [0.2, 0.25) is 0 Å². The summed E-state index contributed by atoms with van der Waals surface area (Å²) in [5, 5.41) is 9.39. The lowest BCUT2D eigenvalue weighted by Crippen LogP contribution is -2.18. The van der Waals surface area contributed by atoms with E-state index in [9.17, 15) is 9.90 Å². The molecule has 0 spiro atoms. The van der Waals surface area contributed by atoms with Crippen molar-refractivity contribution in [2.75, 3.05) is 0 Å². The average Bonchev–Trinajstić information content (AvgIpc) is 2.68. The van der Waals surface area contributed by atoms with Crippen LogP contribution in [0.5, 0.6) is 0 Å². The molecule has 4 heteroatoms. The summed E-state index contributed by atoms with van der Waals surface area (Å²) >= 11 is 0. The van der Waals surface area contributed by atoms with E-state index in [-0.39, 0.29) is 0 Å². The van der Waals surface area contributed by atoms with E-state index in [4.69, 9.17) is 0 Å². The number of carbonyl (C=O) groups is 1. The first-order valence-corrected chi connectivity index (χ1v) is 5.37. The Hall–Kier alpha value is -2.10. The van der Waals surface area contributed by atoms with E-state index in [1.165, 1.54) is 0 Å². The predicted octanol–water partition coefficient (Wildman–Crippen LogP) is 1.95. The predicted molar refractivity (Wildman–Crippen MR) is 63.9 cm³/mol. The number of imidazole rings is 1. The van der Waals surface area contributed by atoms with Gasteiger partial charge in [0.15, 0.2) is 0 Å². The minimum Gasteiger partial charge on any atom is -0.480 e. The number of carboxylic acid groups (broad SMARTS) is 1. The number of hydrogen-bond acceptors (Lipinski definition) is 2. The van der Waals surface area contributed by atoms with Crippen LogP contribution in [-0.4, -0.2) is 20.6 Å². The van der Waals surface area contributed by atoms with Crippen LogP contribution in [0.4, 0.5) is 0 Å². The molecular formula is C13H14N2O2. The molecule has 17 heavy (non-hydrogen) atoms. The Kier molecular flexibility index (Phi) is 2.95. The molecule has 0 radical (unpaired) electrons. The third-order valence-electron chi connectivity index (χ3n) is 2.86. The lowest BCUT2D eigenvalue weighted by molar-refractivity contribution is -0.137. The molecule has 4 nitrogen and oxygen atoms in total. The van der Waals surface area contributed by atoms with E-state index in [0.29, 0.717) is 5.82 Å². The van der Waals surface area contributed by atoms with Crippen LogP contribution in [0.15, 0.2) is 36.7 Å². The van der Waals surface area contributed by atoms with Gasteiger partial charge in [0.25, 0.3) is 0 Å². The summed E-state index contributed by atoms with van der Waals surface area (Å²) in [4.78, 5) is 15.6. The maximum absolute atomic E-state index is 11.4. The Labute approximate surface area is 99.5 Å². The summed E-state index contributed by atoms with van der Waals surface area (Å²) in [7, 11) is 1.80. The molecule has 0 aliphatic carbocycles. The molecule has 1 unspecified atom stereocenters. The first-order chi connectivity index (χ1) is 8.11. The Bertz CT molecular complexity index is 546. The van der Waals surface area contributed by atoms with Crippen LogP contribution in [-0.2, 0) is 11.8 Å². The van der Waals surface area contributed by atoms with Crippen LogP contribution in [0.1, 0.15) is 22.9 Å². The van der Waals surface area contributed by atoms with E-state index in [2.05, 4.69) is 4.98 Å². The Balaban J connectivity index is 2.55. The minimum atomic E-state index is -0.881. The fraction of sp³-hybridized carbons (Fsp3) is 0.231. The summed E-state index contributed by atoms with van der Waals surface area (Å²) in [5.41, 5.74) is 1.75. The third kappa shape index (κ3) is 2.06. The lowest BCUT2D eigenvalue weighted by Gasteiger charge is -2.14. The SMILES string of the molecule is Cc1ccccc1C(C(=O)O)c1nccn1C. The molecule has 0 amide bonds. The number of aromatic nitrogens is 2. The van der Waals surface area contributed by atoms with E-state index < -0.39 is 11.9 Å². The van der Waals surface area contributed by atoms with Gasteiger partial charge in [-0.25, -0.2) is 4.98 Å². The highest BCUT2D eigenvalue weighted by molar-refractivity contribution is 5.79. The van der Waals surface area contributed by atoms with Crippen molar-refractivity contribution in [3.63, 3.8) is 0 Å². The monoisotopic (exact) mass is 230 g/mol. The first-order valence-electron chi connectivity index (χ1n) is 5.37. The largest absolute Gasteiger partial charge is 0.480 e. The second-order valence-electron chi connectivity index (χ2n) is 4.02. The summed E-state index contributed by atoms with van der Waals surface area (Å²) in [6.45, 7) is 1.91. The zero-order chi connectivity index (χ0) is 12.4. The summed E-state index contributed by atoms with van der Waals surface area (Å²) in [6, 6.07) is 7.49. The zero-order valence-corrected chi connectivity index (χ0v) is 9.79. The van der Waals surface area contributed by atoms with Crippen molar-refractivity contribution in [1.82, 2.24) is 9.55 Å². The van der Waals surface area contributed by atoms with Gasteiger partial charge < -0.3 is 9.67 Å². The van der Waals surface area contributed by atoms with Crippen molar-refractivity contribution in [2.45, 2.75) is 12.8 Å². The molecule has 0 fully saturated rings. The van der Waals surface area contributed by atoms with Gasteiger partial charge in [-0.3, -0.25) is 4.79 Å². The van der Waals surface area contributed by atoms with Gasteiger partial charge in [0.05, 0.1) is 0 Å². The van der Waals surface area contributed by atoms with Crippen molar-refractivity contribution in [3.05, 3.63) is 53.6 Å². The number of nitrogens with zero attached hydrogens (tertiary/aromatic N) is 2. The van der Waals surface area contributed by atoms with Crippen LogP contribution in [0.25, 0.3) is 0 Å². The van der Waals surface area contributed by atoms with Crippen LogP contribution < -0.4 is 0 Å². The zero-order valence-electron chi connectivity index (χ0n) is 9.79. The van der Waals surface area contributed by atoms with Gasteiger partial charge >= 0.3 is 5.97 Å². The molecule has 1 atom stereocenters. The molecule has 0 aliphatic rings. The lowest BCUT2D eigenvalue weighted by atomic mass is 9.94. The second-order valence-corrected chi connectivity index (χ2v) is 4.02. The standard InChI is InChI=1S/C13H14N2O2/c1-9-5-3-4-6-10(9)11(13(16)17)12-14-7-8-15(12)2/h3-8,11H,1-2H3,(H,16,17). The fourth-order valence-electron chi connectivity index (χ4n) is 1.95. The second kappa shape index (κ2) is 4.41. The van der Waals surface area contributed by atoms with E-state index in [1.54, 1.807) is 24.0 Å². The molecule has 0 saturated carbocycles. The Morgan fingerprint density at radius 3 is 2.65 bits per heavy atom. The van der Waals surface area contributed by atoms with Crippen molar-refractivity contribution in [1.29, 1.82) is 0 Å². The number of hydrogen-bond donors (Lipinski definition) is 1. The van der Waals surface area contributed by atoms with E-state index in [0.717, 1.165) is 11.1 Å². The highest BCUT2D eigenvalue weighted by Gasteiger charge is 2.26. The maximum Gasteiger partial charge on any atom is 0.318 e. The Morgan fingerprint density at radius 1 is 1.41 bits per heavy atom. The van der Waals surface area contributed by atoms with Gasteiger partial charge in [-0.15, -0.1) is 0 Å². The number of rotatable bonds is 3. The minimum absolute atomic E-state index is 0.548. The molecule has 88 valence electrons. The average molecular weight is 230 g/mol. The molecule has 1 N–H and O–H groups in total. The third-order valence-corrected chi connectivity index (χ3v) is 2.86. The van der Waals surface area contributed by atoms with Crippen LogP contribution in [0.3, 0.4) is 0 Å². The number of carboxylic acids is 1. The van der Waals surface area contributed by atoms with Crippen molar-refractivity contribution in [3.8, 4) is 0 Å². The molecule has 1 aromatic carbocycles. The van der Waals surface area contributed by atoms with Gasteiger partial charge in [0.1, 0.15) is 11.7 Å². The topological polar surface area (TPSA) is 55.1 Å². The number of benzene rings is 1. The number of aliphatic carboxylic acids is 1. The smallest absolute Gasteiger partial charge is 0.318 e. The van der Waals surface area contributed by atoms with Gasteiger partial charge in [0.2, 0.25) is 0 Å². The van der Waals surface area contributed by atoms with E-state index in [1.807, 2.05) is 31.2 Å². The highest BCUT2D eigenvalue weighted by Crippen LogP contribution is 2.25. The quantitative estimate of drug-likeness (QED) is 0.876. The van der Waals surface area contributed by atoms with E-state index >= 15 is 0 Å². The molecule has 0 bridgehead atoms. The molecule has 1 heterocycles. The first kappa shape index (κ1) is 11.4. The summed E-state index contributed by atoms with van der Waals surface area (Å²) in [5.74, 6) is -1.04. The molecular weight excluding hydrogens is 216 g/mol. The van der Waals surface area contributed by atoms with Crippen LogP contribution >= 0.6 is 0 Å². The molecule has 0 aliphatic heterocycles. The van der Waals surface area contributed by atoms with Crippen LogP contribution in [0, 0.1) is 6.92 Å². The van der Waals surface area contributed by atoms with Gasteiger partial charge in [-0.1, -0.05) is 24.3 Å². The van der Waals surface area contributed by atoms with Gasteiger partial charge in [-0.2, -0.15) is 0 Å². The maximum atomic E-state index is 11.4. The summed E-state index contributed by atoms with van der Waals surface area (Å²) in [6.07, 6.45) is 3.37. The molecule has 0 saturated heterocycles. The van der Waals surface area contributed by atoms with Crippen molar-refractivity contribution >= 4 is 5.97 Å². The highest BCUT2D eigenvalue weighted by atomic mass is 16.4. The van der Waals surface area contributed by atoms with Gasteiger partial charge in [0, 0.05) is 19.4 Å². The normalized spacial score (nSPS) is 12.4. The van der Waals surface area contributed by atoms with Gasteiger partial charge in [-0.05, 0) is 18.1 Å². The molecule has 2 aromatic rings. The molecule has 2 rings (SSSR count). The molecule has 1 aromatic heterocycles. The summed E-state index contributed by atoms with van der Waals surface area (Å²) < 4.78 is 1.74.